The van der Waals surface area contributed by atoms with E-state index < -0.39 is 15.1 Å². The zero-order chi connectivity index (χ0) is 8.48. The second-order valence-electron chi connectivity index (χ2n) is 2.97. The van der Waals surface area contributed by atoms with Crippen molar-refractivity contribution in [2.75, 3.05) is 26.0 Å². The first kappa shape index (κ1) is 8.96. The van der Waals surface area contributed by atoms with Crippen molar-refractivity contribution < 1.29 is 13.5 Å². The molecule has 5 heteroatoms. The van der Waals surface area contributed by atoms with E-state index in [1.165, 1.54) is 6.26 Å². The predicted molar refractivity (Wildman–Crippen MR) is 42.1 cm³/mol. The number of aliphatic hydroxyl groups is 1. The maximum atomic E-state index is 11.1. The molecule has 0 aliphatic carbocycles. The summed E-state index contributed by atoms with van der Waals surface area (Å²) in [6.07, 6.45) is 1.22. The fourth-order valence-electron chi connectivity index (χ4n) is 1.39. The van der Waals surface area contributed by atoms with Gasteiger partial charge in [-0.1, -0.05) is 0 Å². The summed E-state index contributed by atoms with van der Waals surface area (Å²) in [5.41, 5.74) is 0. The Morgan fingerprint density at radius 1 is 1.55 bits per heavy atom. The summed E-state index contributed by atoms with van der Waals surface area (Å²) in [6.45, 7) is 1.03. The minimum absolute atomic E-state index is 0.0509. The maximum absolute atomic E-state index is 11.1. The van der Waals surface area contributed by atoms with Gasteiger partial charge in [-0.2, -0.15) is 0 Å². The first-order valence-electron chi connectivity index (χ1n) is 3.56. The monoisotopic (exact) mass is 179 g/mol. The van der Waals surface area contributed by atoms with Crippen LogP contribution >= 0.6 is 0 Å². The number of hydrogen-bond acceptors (Lipinski definition) is 4. The molecule has 0 bridgehead atoms. The van der Waals surface area contributed by atoms with Crippen LogP contribution in [0.3, 0.4) is 0 Å². The number of rotatable bonds is 2. The molecule has 66 valence electrons. The van der Waals surface area contributed by atoms with Crippen LogP contribution in [-0.2, 0) is 9.84 Å². The predicted octanol–water partition coefficient (Wildman–Crippen LogP) is -1.39. The molecule has 0 unspecified atom stereocenters. The third kappa shape index (κ3) is 1.91. The van der Waals surface area contributed by atoms with Crippen LogP contribution in [0.2, 0.25) is 0 Å². The third-order valence-electron chi connectivity index (χ3n) is 2.06. The van der Waals surface area contributed by atoms with Crippen molar-refractivity contribution in [1.29, 1.82) is 0 Å². The lowest BCUT2D eigenvalue weighted by Gasteiger charge is -2.12. The Morgan fingerprint density at radius 2 is 2.18 bits per heavy atom. The first-order chi connectivity index (χ1) is 5.05. The highest BCUT2D eigenvalue weighted by Crippen LogP contribution is 2.15. The van der Waals surface area contributed by atoms with Crippen molar-refractivity contribution in [2.24, 2.45) is 5.92 Å². The molecule has 1 saturated heterocycles. The molecule has 1 fully saturated rings. The van der Waals surface area contributed by atoms with E-state index in [1.54, 1.807) is 0 Å². The van der Waals surface area contributed by atoms with Gasteiger partial charge in [-0.25, -0.2) is 8.42 Å². The van der Waals surface area contributed by atoms with E-state index in [-0.39, 0.29) is 12.5 Å². The highest BCUT2D eigenvalue weighted by atomic mass is 32.2. The van der Waals surface area contributed by atoms with E-state index >= 15 is 0 Å². The van der Waals surface area contributed by atoms with E-state index in [0.717, 1.165) is 0 Å². The zero-order valence-corrected chi connectivity index (χ0v) is 7.26. The van der Waals surface area contributed by atoms with Crippen molar-refractivity contribution in [3.05, 3.63) is 0 Å². The highest BCUT2D eigenvalue weighted by molar-refractivity contribution is 7.91. The van der Waals surface area contributed by atoms with Gasteiger partial charge in [0.2, 0.25) is 0 Å². The molecule has 0 radical (unpaired) electrons. The van der Waals surface area contributed by atoms with Gasteiger partial charge in [0, 0.05) is 31.9 Å². The SMILES string of the molecule is CS(=O)(=O)[C@@H]1CNC[C@@H]1CO. The Hall–Kier alpha value is -0.130. The van der Waals surface area contributed by atoms with E-state index in [4.69, 9.17) is 5.11 Å². The smallest absolute Gasteiger partial charge is 0.151 e. The van der Waals surface area contributed by atoms with E-state index in [2.05, 4.69) is 5.32 Å². The molecule has 0 amide bonds. The normalized spacial score (nSPS) is 32.5. The summed E-state index contributed by atoms with van der Waals surface area (Å²) >= 11 is 0. The van der Waals surface area contributed by atoms with Gasteiger partial charge in [0.25, 0.3) is 0 Å². The Bertz CT molecular complexity index is 224. The summed E-state index contributed by atoms with van der Waals surface area (Å²) in [7, 11) is -2.99. The molecular weight excluding hydrogens is 166 g/mol. The molecule has 0 spiro atoms. The molecule has 0 aromatic carbocycles. The molecule has 1 heterocycles. The summed E-state index contributed by atoms with van der Waals surface area (Å²) in [5.74, 6) is -0.120. The largest absolute Gasteiger partial charge is 0.396 e. The summed E-state index contributed by atoms with van der Waals surface area (Å²) in [4.78, 5) is 0. The molecule has 1 aliphatic heterocycles. The molecule has 4 nitrogen and oxygen atoms in total. The van der Waals surface area contributed by atoms with Crippen LogP contribution in [0.5, 0.6) is 0 Å². The van der Waals surface area contributed by atoms with Crippen molar-refractivity contribution >= 4 is 9.84 Å². The quantitative estimate of drug-likeness (QED) is 0.548. The molecule has 2 N–H and O–H groups in total. The van der Waals surface area contributed by atoms with E-state index in [1.807, 2.05) is 0 Å². The van der Waals surface area contributed by atoms with Gasteiger partial charge in [-0.3, -0.25) is 0 Å². The second kappa shape index (κ2) is 3.08. The summed E-state index contributed by atoms with van der Waals surface area (Å²) in [6, 6.07) is 0. The Labute approximate surface area is 66.5 Å². The maximum Gasteiger partial charge on any atom is 0.151 e. The molecular formula is C6H13NO3S. The zero-order valence-electron chi connectivity index (χ0n) is 6.45. The minimum atomic E-state index is -2.99. The Balaban J connectivity index is 2.72. The van der Waals surface area contributed by atoms with Gasteiger partial charge in [0.15, 0.2) is 9.84 Å². The van der Waals surface area contributed by atoms with Crippen LogP contribution in [-0.4, -0.2) is 44.7 Å². The fraction of sp³-hybridized carbons (Fsp3) is 1.00. The first-order valence-corrected chi connectivity index (χ1v) is 5.51. The van der Waals surface area contributed by atoms with Crippen LogP contribution in [0, 0.1) is 5.92 Å². The third-order valence-corrected chi connectivity index (χ3v) is 3.71. The Kier molecular flexibility index (Phi) is 2.51. The minimum Gasteiger partial charge on any atom is -0.396 e. The van der Waals surface area contributed by atoms with Gasteiger partial charge in [0.1, 0.15) is 0 Å². The lowest BCUT2D eigenvalue weighted by atomic mass is 10.1. The second-order valence-corrected chi connectivity index (χ2v) is 5.23. The number of sulfone groups is 1. The molecule has 0 aromatic heterocycles. The lowest BCUT2D eigenvalue weighted by molar-refractivity contribution is 0.238. The van der Waals surface area contributed by atoms with E-state index in [0.29, 0.717) is 13.1 Å². The number of aliphatic hydroxyl groups excluding tert-OH is 1. The van der Waals surface area contributed by atoms with Crippen LogP contribution in [0.1, 0.15) is 0 Å². The summed E-state index contributed by atoms with van der Waals surface area (Å²) < 4.78 is 22.1. The molecule has 1 aliphatic rings. The lowest BCUT2D eigenvalue weighted by Crippen LogP contribution is -2.30. The molecule has 0 aromatic rings. The van der Waals surface area contributed by atoms with Crippen molar-refractivity contribution in [3.63, 3.8) is 0 Å². The topological polar surface area (TPSA) is 66.4 Å². The molecule has 2 atom stereocenters. The van der Waals surface area contributed by atoms with Gasteiger partial charge < -0.3 is 10.4 Å². The van der Waals surface area contributed by atoms with Crippen LogP contribution in [0.4, 0.5) is 0 Å². The fourth-order valence-corrected chi connectivity index (χ4v) is 2.69. The van der Waals surface area contributed by atoms with Crippen LogP contribution in [0.15, 0.2) is 0 Å². The Morgan fingerprint density at radius 3 is 2.55 bits per heavy atom. The van der Waals surface area contributed by atoms with Crippen molar-refractivity contribution in [1.82, 2.24) is 5.32 Å². The molecule has 0 saturated carbocycles. The average molecular weight is 179 g/mol. The highest BCUT2D eigenvalue weighted by Gasteiger charge is 2.33. The number of hydrogen-bond donors (Lipinski definition) is 2. The van der Waals surface area contributed by atoms with Gasteiger partial charge in [0.05, 0.1) is 5.25 Å². The van der Waals surface area contributed by atoms with Gasteiger partial charge >= 0.3 is 0 Å². The van der Waals surface area contributed by atoms with Gasteiger partial charge in [-0.15, -0.1) is 0 Å². The average Bonchev–Trinajstić information content (AvgIpc) is 2.31. The van der Waals surface area contributed by atoms with Gasteiger partial charge in [-0.05, 0) is 0 Å². The summed E-state index contributed by atoms with van der Waals surface area (Å²) in [5, 5.41) is 11.3. The molecule has 1 rings (SSSR count). The van der Waals surface area contributed by atoms with Crippen molar-refractivity contribution in [2.45, 2.75) is 5.25 Å². The van der Waals surface area contributed by atoms with Crippen molar-refractivity contribution in [3.8, 4) is 0 Å². The standard InChI is InChI=1S/C6H13NO3S/c1-11(9,10)6-3-7-2-5(6)4-8/h5-8H,2-4H2,1H3/t5-,6-/m1/s1. The molecule has 11 heavy (non-hydrogen) atoms. The van der Waals surface area contributed by atoms with E-state index in [9.17, 15) is 8.42 Å². The van der Waals surface area contributed by atoms with Crippen LogP contribution < -0.4 is 5.32 Å². The number of nitrogens with one attached hydrogen (secondary N) is 1. The van der Waals surface area contributed by atoms with Crippen LogP contribution in [0.25, 0.3) is 0 Å².